The molecule has 1 heterocycles. The van der Waals surface area contributed by atoms with Crippen molar-refractivity contribution in [2.75, 3.05) is 18.5 Å². The van der Waals surface area contributed by atoms with E-state index in [1.54, 1.807) is 0 Å². The maximum Gasteiger partial charge on any atom is 0.148 e. The van der Waals surface area contributed by atoms with Crippen LogP contribution in [0.15, 0.2) is 6.33 Å². The SMILES string of the molecule is CCCc1c(C)c(C)c(OCCNc2ncnc(C)c2Cl)c(C)c1C. The van der Waals surface area contributed by atoms with Crippen molar-refractivity contribution in [3.63, 3.8) is 0 Å². The third kappa shape index (κ3) is 4.24. The van der Waals surface area contributed by atoms with E-state index in [1.807, 2.05) is 6.92 Å². The maximum atomic E-state index is 6.20. The average Bonchev–Trinajstić information content (AvgIpc) is 2.60. The largest absolute Gasteiger partial charge is 0.491 e. The number of ether oxygens (including phenoxy) is 1. The fourth-order valence-electron chi connectivity index (χ4n) is 3.10. The van der Waals surface area contributed by atoms with Crippen molar-refractivity contribution < 1.29 is 4.74 Å². The molecule has 0 saturated carbocycles. The molecule has 0 unspecified atom stereocenters. The number of aryl methyl sites for hydroxylation is 1. The van der Waals surface area contributed by atoms with Crippen molar-refractivity contribution in [2.24, 2.45) is 0 Å². The normalized spacial score (nSPS) is 10.8. The summed E-state index contributed by atoms with van der Waals surface area (Å²) in [7, 11) is 0. The lowest BCUT2D eigenvalue weighted by Crippen LogP contribution is -2.15. The number of nitrogens with zero attached hydrogens (tertiary/aromatic N) is 2. The second kappa shape index (κ2) is 8.52. The van der Waals surface area contributed by atoms with E-state index in [-0.39, 0.29) is 0 Å². The van der Waals surface area contributed by atoms with Gasteiger partial charge in [0.05, 0.1) is 12.2 Å². The van der Waals surface area contributed by atoms with Gasteiger partial charge in [0.15, 0.2) is 0 Å². The number of hydrogen-bond donors (Lipinski definition) is 1. The number of halogens is 1. The van der Waals surface area contributed by atoms with E-state index >= 15 is 0 Å². The number of aromatic nitrogens is 2. The summed E-state index contributed by atoms with van der Waals surface area (Å²) in [6.45, 7) is 13.9. The zero-order chi connectivity index (χ0) is 18.6. The molecular formula is C20H28ClN3O. The van der Waals surface area contributed by atoms with Gasteiger partial charge in [-0.25, -0.2) is 9.97 Å². The highest BCUT2D eigenvalue weighted by Crippen LogP contribution is 2.33. The molecule has 136 valence electrons. The standard InChI is InChI=1S/C20H28ClN3O/c1-7-8-17-12(2)14(4)19(15(5)13(17)3)25-10-9-22-20-18(21)16(6)23-11-24-20/h11H,7-10H2,1-6H3,(H,22,23,24). The van der Waals surface area contributed by atoms with E-state index in [4.69, 9.17) is 16.3 Å². The van der Waals surface area contributed by atoms with Crippen molar-refractivity contribution in [3.8, 4) is 5.75 Å². The molecular weight excluding hydrogens is 334 g/mol. The van der Waals surface area contributed by atoms with Gasteiger partial charge in [0.1, 0.15) is 29.5 Å². The lowest BCUT2D eigenvalue weighted by atomic mass is 9.90. The molecule has 0 radical (unpaired) electrons. The highest BCUT2D eigenvalue weighted by Gasteiger charge is 2.15. The van der Waals surface area contributed by atoms with Crippen LogP contribution in [0.1, 0.15) is 46.9 Å². The Morgan fingerprint density at radius 3 is 2.24 bits per heavy atom. The molecule has 0 aliphatic heterocycles. The molecule has 25 heavy (non-hydrogen) atoms. The first-order valence-corrected chi connectivity index (χ1v) is 9.19. The third-order valence-corrected chi connectivity index (χ3v) is 5.27. The number of rotatable bonds is 7. The average molecular weight is 362 g/mol. The Hall–Kier alpha value is -1.81. The van der Waals surface area contributed by atoms with Crippen LogP contribution in [0.5, 0.6) is 5.75 Å². The van der Waals surface area contributed by atoms with Crippen LogP contribution in [0.3, 0.4) is 0 Å². The highest BCUT2D eigenvalue weighted by molar-refractivity contribution is 6.33. The molecule has 1 aromatic carbocycles. The monoisotopic (exact) mass is 361 g/mol. The number of benzene rings is 1. The zero-order valence-corrected chi connectivity index (χ0v) is 16.8. The fourth-order valence-corrected chi connectivity index (χ4v) is 3.27. The van der Waals surface area contributed by atoms with Crippen LogP contribution in [0.4, 0.5) is 5.82 Å². The number of hydrogen-bond acceptors (Lipinski definition) is 4. The summed E-state index contributed by atoms with van der Waals surface area (Å²) in [6.07, 6.45) is 3.79. The minimum atomic E-state index is 0.549. The van der Waals surface area contributed by atoms with E-state index in [9.17, 15) is 0 Å². The van der Waals surface area contributed by atoms with Gasteiger partial charge < -0.3 is 10.1 Å². The van der Waals surface area contributed by atoms with Crippen LogP contribution in [-0.2, 0) is 6.42 Å². The summed E-state index contributed by atoms with van der Waals surface area (Å²) >= 11 is 6.20. The lowest BCUT2D eigenvalue weighted by Gasteiger charge is -2.21. The quantitative estimate of drug-likeness (QED) is 0.695. The Bertz CT molecular complexity index is 730. The molecule has 0 fully saturated rings. The van der Waals surface area contributed by atoms with Crippen molar-refractivity contribution in [1.29, 1.82) is 0 Å². The van der Waals surface area contributed by atoms with Gasteiger partial charge in [0.25, 0.3) is 0 Å². The van der Waals surface area contributed by atoms with E-state index in [0.29, 0.717) is 24.0 Å². The summed E-state index contributed by atoms with van der Waals surface area (Å²) < 4.78 is 6.11. The lowest BCUT2D eigenvalue weighted by molar-refractivity contribution is 0.327. The van der Waals surface area contributed by atoms with Gasteiger partial charge >= 0.3 is 0 Å². The highest BCUT2D eigenvalue weighted by atomic mass is 35.5. The maximum absolute atomic E-state index is 6.20. The molecule has 4 nitrogen and oxygen atoms in total. The van der Waals surface area contributed by atoms with Gasteiger partial charge in [-0.3, -0.25) is 0 Å². The van der Waals surface area contributed by atoms with Crippen LogP contribution >= 0.6 is 11.6 Å². The van der Waals surface area contributed by atoms with E-state index in [2.05, 4.69) is 49.9 Å². The fraction of sp³-hybridized carbons (Fsp3) is 0.500. The van der Waals surface area contributed by atoms with Gasteiger partial charge in [-0.05, 0) is 68.9 Å². The molecule has 0 saturated heterocycles. The molecule has 1 N–H and O–H groups in total. The Morgan fingerprint density at radius 2 is 1.64 bits per heavy atom. The summed E-state index contributed by atoms with van der Waals surface area (Å²) in [5, 5.41) is 3.78. The van der Waals surface area contributed by atoms with Gasteiger partial charge in [-0.15, -0.1) is 0 Å². The Labute approximate surface area is 156 Å². The first-order valence-electron chi connectivity index (χ1n) is 8.81. The number of nitrogens with one attached hydrogen (secondary N) is 1. The first kappa shape index (κ1) is 19.5. The molecule has 2 aromatic rings. The first-order chi connectivity index (χ1) is 11.9. The summed E-state index contributed by atoms with van der Waals surface area (Å²) in [5.41, 5.74) is 7.41. The van der Waals surface area contributed by atoms with Crippen LogP contribution < -0.4 is 10.1 Å². The van der Waals surface area contributed by atoms with Crippen LogP contribution in [0.25, 0.3) is 0 Å². The van der Waals surface area contributed by atoms with Crippen molar-refractivity contribution in [3.05, 3.63) is 44.9 Å². The number of anilines is 1. The Kier molecular flexibility index (Phi) is 6.65. The summed E-state index contributed by atoms with van der Waals surface area (Å²) in [4.78, 5) is 8.24. The van der Waals surface area contributed by atoms with Crippen LogP contribution in [-0.4, -0.2) is 23.1 Å². The predicted molar refractivity (Wildman–Crippen MR) is 105 cm³/mol. The van der Waals surface area contributed by atoms with Crippen LogP contribution in [0.2, 0.25) is 5.02 Å². The molecule has 0 atom stereocenters. The van der Waals surface area contributed by atoms with Gasteiger partial charge in [0, 0.05) is 0 Å². The minimum Gasteiger partial charge on any atom is -0.491 e. The topological polar surface area (TPSA) is 47.0 Å². The molecule has 2 rings (SSSR count). The van der Waals surface area contributed by atoms with Crippen molar-refractivity contribution in [2.45, 2.75) is 54.4 Å². The van der Waals surface area contributed by atoms with E-state index in [0.717, 1.165) is 24.3 Å². The minimum absolute atomic E-state index is 0.549. The molecule has 1 aromatic heterocycles. The Morgan fingerprint density at radius 1 is 1.00 bits per heavy atom. The van der Waals surface area contributed by atoms with E-state index < -0.39 is 0 Å². The van der Waals surface area contributed by atoms with Crippen LogP contribution in [0, 0.1) is 34.6 Å². The molecule has 0 aliphatic rings. The zero-order valence-electron chi connectivity index (χ0n) is 16.1. The second-order valence-electron chi connectivity index (χ2n) is 6.45. The molecule has 0 spiro atoms. The van der Waals surface area contributed by atoms with Crippen molar-refractivity contribution in [1.82, 2.24) is 9.97 Å². The Balaban J connectivity index is 2.07. The summed E-state index contributed by atoms with van der Waals surface area (Å²) in [6, 6.07) is 0. The van der Waals surface area contributed by atoms with Gasteiger partial charge in [0.2, 0.25) is 0 Å². The van der Waals surface area contributed by atoms with Gasteiger partial charge in [-0.1, -0.05) is 24.9 Å². The molecule has 5 heteroatoms. The van der Waals surface area contributed by atoms with E-state index in [1.165, 1.54) is 34.1 Å². The molecule has 0 amide bonds. The second-order valence-corrected chi connectivity index (χ2v) is 6.83. The third-order valence-electron chi connectivity index (χ3n) is 4.82. The predicted octanol–water partition coefficient (Wildman–Crippen LogP) is 5.12. The van der Waals surface area contributed by atoms with Crippen molar-refractivity contribution >= 4 is 17.4 Å². The summed E-state index contributed by atoms with van der Waals surface area (Å²) in [5.74, 6) is 1.65. The molecule has 0 bridgehead atoms. The smallest absolute Gasteiger partial charge is 0.148 e. The molecule has 0 aliphatic carbocycles. The van der Waals surface area contributed by atoms with Gasteiger partial charge in [-0.2, -0.15) is 0 Å².